The van der Waals surface area contributed by atoms with Crippen LogP contribution in [0.5, 0.6) is 0 Å². The van der Waals surface area contributed by atoms with E-state index >= 15 is 0 Å². The van der Waals surface area contributed by atoms with E-state index in [1.165, 1.54) is 0 Å². The minimum Gasteiger partial charge on any atom is -0.371 e. The fourth-order valence-corrected chi connectivity index (χ4v) is 6.91. The summed E-state index contributed by atoms with van der Waals surface area (Å²) in [7, 11) is -1.42. The predicted molar refractivity (Wildman–Crippen MR) is 84.0 cm³/mol. The van der Waals surface area contributed by atoms with Gasteiger partial charge in [-0.25, -0.2) is 0 Å². The van der Waals surface area contributed by atoms with Gasteiger partial charge in [0.1, 0.15) is 0 Å². The molecule has 2 atom stereocenters. The molecule has 0 N–H and O–H groups in total. The van der Waals surface area contributed by atoms with Gasteiger partial charge in [-0.2, -0.15) is 0 Å². The fourth-order valence-electron chi connectivity index (χ4n) is 3.43. The molecule has 1 aliphatic heterocycles. The van der Waals surface area contributed by atoms with E-state index in [-0.39, 0.29) is 5.41 Å². The van der Waals surface area contributed by atoms with Crippen LogP contribution in [0.4, 0.5) is 0 Å². The van der Waals surface area contributed by atoms with Crippen molar-refractivity contribution in [1.29, 1.82) is 0 Å². The molecule has 6 heteroatoms. The fraction of sp³-hybridized carbons (Fsp3) is 1.00. The monoisotopic (exact) mass is 320 g/mol. The van der Waals surface area contributed by atoms with E-state index in [4.69, 9.17) is 22.8 Å². The smallest absolute Gasteiger partial charge is 0.371 e. The van der Waals surface area contributed by atoms with Crippen LogP contribution in [0.3, 0.4) is 0 Å². The van der Waals surface area contributed by atoms with Gasteiger partial charge in [-0.3, -0.25) is 0 Å². The minimum atomic E-state index is -3.10. The van der Waals surface area contributed by atoms with Crippen LogP contribution in [0.1, 0.15) is 53.9 Å². The van der Waals surface area contributed by atoms with Crippen LogP contribution >= 0.6 is 0 Å². The molecule has 2 unspecified atom stereocenters. The third kappa shape index (κ3) is 2.94. The largest absolute Gasteiger partial charge is 0.564 e. The molecule has 0 aromatic heterocycles. The molecular weight excluding hydrogens is 288 g/mol. The van der Waals surface area contributed by atoms with E-state index in [0.717, 1.165) is 19.3 Å². The van der Waals surface area contributed by atoms with Gasteiger partial charge in [0.05, 0.1) is 12.0 Å². The Labute approximate surface area is 130 Å². The first-order chi connectivity index (χ1) is 10.1. The molecule has 0 spiro atoms. The Morgan fingerprint density at radius 3 is 1.71 bits per heavy atom. The van der Waals surface area contributed by atoms with Crippen LogP contribution in [0.15, 0.2) is 0 Å². The SMILES string of the molecule is CCCC1(CC)COC1(OC)[Si](OCC)(OCC)OCC. The molecule has 1 heterocycles. The quantitative estimate of drug-likeness (QED) is 0.547. The summed E-state index contributed by atoms with van der Waals surface area (Å²) in [5, 5.41) is 0. The highest BCUT2D eigenvalue weighted by Gasteiger charge is 2.77. The lowest BCUT2D eigenvalue weighted by atomic mass is 9.76. The molecule has 0 bridgehead atoms. The minimum absolute atomic E-state index is 0.0950. The molecule has 0 aromatic carbocycles. The molecule has 1 rings (SSSR count). The highest BCUT2D eigenvalue weighted by atomic mass is 28.4. The zero-order chi connectivity index (χ0) is 16.0. The summed E-state index contributed by atoms with van der Waals surface area (Å²) >= 11 is 0. The first kappa shape index (κ1) is 19.1. The van der Waals surface area contributed by atoms with Crippen molar-refractivity contribution in [3.05, 3.63) is 0 Å². The summed E-state index contributed by atoms with van der Waals surface area (Å²) in [6.07, 6.45) is 3.03. The maximum absolute atomic E-state index is 6.06. The van der Waals surface area contributed by atoms with E-state index in [0.29, 0.717) is 26.4 Å². The average molecular weight is 321 g/mol. The third-order valence-electron chi connectivity index (χ3n) is 4.35. The van der Waals surface area contributed by atoms with Crippen molar-refractivity contribution in [3.8, 4) is 0 Å². The van der Waals surface area contributed by atoms with Gasteiger partial charge in [0.2, 0.25) is 5.41 Å². The van der Waals surface area contributed by atoms with Crippen molar-refractivity contribution in [2.45, 2.75) is 59.3 Å². The second kappa shape index (κ2) is 8.03. The number of ether oxygens (including phenoxy) is 2. The van der Waals surface area contributed by atoms with E-state index in [2.05, 4.69) is 13.8 Å². The summed E-state index contributed by atoms with van der Waals surface area (Å²) in [4.78, 5) is 0. The molecule has 0 radical (unpaired) electrons. The maximum Gasteiger partial charge on any atom is 0.564 e. The highest BCUT2D eigenvalue weighted by molar-refractivity contribution is 6.64. The Bertz CT molecular complexity index is 289. The number of hydrogen-bond acceptors (Lipinski definition) is 5. The van der Waals surface area contributed by atoms with Crippen LogP contribution < -0.4 is 0 Å². The third-order valence-corrected chi connectivity index (χ3v) is 8.04. The lowest BCUT2D eigenvalue weighted by molar-refractivity contribution is -0.366. The Morgan fingerprint density at radius 1 is 0.952 bits per heavy atom. The van der Waals surface area contributed by atoms with Gasteiger partial charge in [0, 0.05) is 26.9 Å². The highest BCUT2D eigenvalue weighted by Crippen LogP contribution is 2.56. The molecule has 1 fully saturated rings. The molecule has 126 valence electrons. The Hall–Kier alpha value is 0.0169. The van der Waals surface area contributed by atoms with E-state index in [1.807, 2.05) is 20.8 Å². The first-order valence-electron chi connectivity index (χ1n) is 8.18. The normalized spacial score (nSPS) is 29.4. The average Bonchev–Trinajstić information content (AvgIpc) is 2.45. The zero-order valence-corrected chi connectivity index (χ0v) is 15.5. The van der Waals surface area contributed by atoms with Crippen LogP contribution in [0, 0.1) is 5.41 Å². The predicted octanol–water partition coefficient (Wildman–Crippen LogP) is 3.14. The summed E-state index contributed by atoms with van der Waals surface area (Å²) in [6, 6.07) is 0. The van der Waals surface area contributed by atoms with Gasteiger partial charge in [-0.05, 0) is 33.6 Å². The molecule has 0 saturated carbocycles. The summed E-state index contributed by atoms with van der Waals surface area (Å²) in [6.45, 7) is 12.5. The van der Waals surface area contributed by atoms with Gasteiger partial charge in [-0.1, -0.05) is 20.3 Å². The topological polar surface area (TPSA) is 46.2 Å². The molecule has 21 heavy (non-hydrogen) atoms. The molecule has 1 saturated heterocycles. The van der Waals surface area contributed by atoms with Crippen molar-refractivity contribution in [1.82, 2.24) is 0 Å². The lowest BCUT2D eigenvalue weighted by Gasteiger charge is -2.61. The molecule has 1 aliphatic rings. The van der Waals surface area contributed by atoms with Gasteiger partial charge in [0.15, 0.2) is 0 Å². The molecular formula is C15H32O5Si. The molecule has 0 aromatic rings. The molecule has 5 nitrogen and oxygen atoms in total. The maximum atomic E-state index is 6.06. The van der Waals surface area contributed by atoms with E-state index in [1.54, 1.807) is 7.11 Å². The van der Waals surface area contributed by atoms with E-state index in [9.17, 15) is 0 Å². The second-order valence-corrected chi connectivity index (χ2v) is 7.99. The van der Waals surface area contributed by atoms with Crippen molar-refractivity contribution in [2.75, 3.05) is 33.5 Å². The molecule has 0 amide bonds. The summed E-state index contributed by atoms with van der Waals surface area (Å²) < 4.78 is 30.1. The number of hydrogen-bond donors (Lipinski definition) is 0. The van der Waals surface area contributed by atoms with E-state index < -0.39 is 14.2 Å². The van der Waals surface area contributed by atoms with Crippen molar-refractivity contribution in [3.63, 3.8) is 0 Å². The Balaban J connectivity index is 3.27. The second-order valence-electron chi connectivity index (χ2n) is 5.35. The first-order valence-corrected chi connectivity index (χ1v) is 9.90. The van der Waals surface area contributed by atoms with Gasteiger partial charge >= 0.3 is 8.80 Å². The standard InChI is InChI=1S/C15H32O5Si/c1-7-12-14(8-2)13-17-15(14,16-6)21(18-9-3,19-10-4)20-11-5/h7-13H2,1-6H3. The van der Waals surface area contributed by atoms with Crippen LogP contribution in [-0.2, 0) is 22.8 Å². The number of rotatable bonds is 11. The Morgan fingerprint density at radius 2 is 1.48 bits per heavy atom. The molecule has 0 aliphatic carbocycles. The van der Waals surface area contributed by atoms with Crippen molar-refractivity contribution >= 4 is 8.80 Å². The van der Waals surface area contributed by atoms with Crippen LogP contribution in [-0.4, -0.2) is 47.8 Å². The van der Waals surface area contributed by atoms with Crippen LogP contribution in [0.2, 0.25) is 0 Å². The van der Waals surface area contributed by atoms with Crippen molar-refractivity contribution in [2.24, 2.45) is 5.41 Å². The van der Waals surface area contributed by atoms with Gasteiger partial charge in [-0.15, -0.1) is 0 Å². The Kier molecular flexibility index (Phi) is 7.29. The van der Waals surface area contributed by atoms with Crippen LogP contribution in [0.25, 0.3) is 0 Å². The number of methoxy groups -OCH3 is 1. The summed E-state index contributed by atoms with van der Waals surface area (Å²) in [5.41, 5.74) is -0.977. The van der Waals surface area contributed by atoms with Crippen molar-refractivity contribution < 1.29 is 22.8 Å². The van der Waals surface area contributed by atoms with Gasteiger partial charge in [0.25, 0.3) is 0 Å². The zero-order valence-electron chi connectivity index (χ0n) is 14.5. The van der Waals surface area contributed by atoms with Gasteiger partial charge < -0.3 is 22.8 Å². The lowest BCUT2D eigenvalue weighted by Crippen LogP contribution is -2.80. The summed E-state index contributed by atoms with van der Waals surface area (Å²) in [5.74, 6) is 0.